The van der Waals surface area contributed by atoms with E-state index in [1.807, 2.05) is 13.8 Å². The summed E-state index contributed by atoms with van der Waals surface area (Å²) < 4.78 is 0. The predicted octanol–water partition coefficient (Wildman–Crippen LogP) is 4.55. The van der Waals surface area contributed by atoms with Gasteiger partial charge in [0.15, 0.2) is 5.13 Å². The number of piperazine rings is 1. The fraction of sp³-hybridized carbons (Fsp3) is 0.552. The van der Waals surface area contributed by atoms with Gasteiger partial charge in [-0.2, -0.15) is 0 Å². The minimum absolute atomic E-state index is 0.270. The van der Waals surface area contributed by atoms with Crippen molar-refractivity contribution in [1.29, 1.82) is 0 Å². The van der Waals surface area contributed by atoms with E-state index < -0.39 is 0 Å². The number of hydrogen-bond acceptors (Lipinski definition) is 11. The molecule has 2 fully saturated rings. The smallest absolute Gasteiger partial charge is 0.277 e. The van der Waals surface area contributed by atoms with Crippen LogP contribution in [0.15, 0.2) is 23.8 Å². The van der Waals surface area contributed by atoms with Crippen molar-refractivity contribution in [2.24, 2.45) is 0 Å². The maximum absolute atomic E-state index is 13.0. The number of thiazole rings is 1. The summed E-state index contributed by atoms with van der Waals surface area (Å²) in [5.74, 6) is 0.458. The number of aryl methyl sites for hydroxylation is 1. The molecule has 0 aromatic carbocycles. The standard InChI is InChI=1S/C26H33N7O2S2.C2H6.CH4O/c1-18-13-21(36-17-18)24-22(16-33-7-3-5-19(33)2)37-26(29-24)30-25(35)20-14-28-23(15-27-20)32-10-8-31(9-11-32)6-4-12-34;2*1-2/h12-15,17,19H,3-11,16H2,1-2H3,(H,29,30,35);1-2H3;2H,1H3. The van der Waals surface area contributed by atoms with Gasteiger partial charge < -0.3 is 14.8 Å². The van der Waals surface area contributed by atoms with Gasteiger partial charge in [-0.3, -0.25) is 19.9 Å². The number of likely N-dealkylation sites (tertiary alicyclic amines) is 1. The Balaban J connectivity index is 0.00000111. The van der Waals surface area contributed by atoms with Gasteiger partial charge in [-0.1, -0.05) is 25.2 Å². The maximum Gasteiger partial charge on any atom is 0.277 e. The Bertz CT molecular complexity index is 1220. The normalized spacial score (nSPS) is 17.3. The topological polar surface area (TPSA) is 115 Å². The second-order valence-corrected chi connectivity index (χ2v) is 11.7. The average Bonchev–Trinajstić information content (AvgIpc) is 3.74. The fourth-order valence-corrected chi connectivity index (χ4v) is 6.85. The third kappa shape index (κ3) is 8.86. The number of aldehydes is 1. The van der Waals surface area contributed by atoms with Crippen LogP contribution in [0.4, 0.5) is 10.9 Å². The van der Waals surface area contributed by atoms with E-state index in [2.05, 4.69) is 55.3 Å². The number of hydrogen-bond donors (Lipinski definition) is 2. The summed E-state index contributed by atoms with van der Waals surface area (Å²) in [6.45, 7) is 14.5. The molecular weight excluding hydrogens is 558 g/mol. The van der Waals surface area contributed by atoms with E-state index in [9.17, 15) is 9.59 Å². The molecule has 224 valence electrons. The zero-order chi connectivity index (χ0) is 29.8. The van der Waals surface area contributed by atoms with Gasteiger partial charge in [0.25, 0.3) is 5.91 Å². The molecule has 5 rings (SSSR count). The summed E-state index contributed by atoms with van der Waals surface area (Å²) in [5.41, 5.74) is 2.45. The Kier molecular flexibility index (Phi) is 13.3. The average molecular weight is 602 g/mol. The van der Waals surface area contributed by atoms with Gasteiger partial charge in [-0.05, 0) is 50.2 Å². The van der Waals surface area contributed by atoms with Gasteiger partial charge in [-0.15, -0.1) is 11.3 Å². The Hall–Kier alpha value is -2.77. The molecular formula is C29H43N7O3S2. The van der Waals surface area contributed by atoms with Crippen LogP contribution in [0, 0.1) is 6.92 Å². The molecule has 3 aromatic rings. The summed E-state index contributed by atoms with van der Waals surface area (Å²) >= 11 is 3.24. The van der Waals surface area contributed by atoms with E-state index >= 15 is 0 Å². The summed E-state index contributed by atoms with van der Waals surface area (Å²) in [5, 5.41) is 12.7. The highest BCUT2D eigenvalue weighted by Gasteiger charge is 2.25. The van der Waals surface area contributed by atoms with E-state index in [1.54, 1.807) is 28.9 Å². The second-order valence-electron chi connectivity index (χ2n) is 9.74. The second kappa shape index (κ2) is 16.6. The molecule has 0 spiro atoms. The number of nitrogens with one attached hydrogen (secondary N) is 1. The first-order chi connectivity index (χ1) is 20.0. The lowest BCUT2D eigenvalue weighted by Crippen LogP contribution is -2.47. The molecule has 10 nitrogen and oxygen atoms in total. The van der Waals surface area contributed by atoms with Crippen molar-refractivity contribution in [2.75, 3.05) is 56.6 Å². The summed E-state index contributed by atoms with van der Waals surface area (Å²) in [7, 11) is 1.00. The fourth-order valence-electron chi connectivity index (χ4n) is 4.87. The molecule has 41 heavy (non-hydrogen) atoms. The van der Waals surface area contributed by atoms with Crippen molar-refractivity contribution in [3.8, 4) is 10.6 Å². The van der Waals surface area contributed by atoms with Gasteiger partial charge in [0.2, 0.25) is 0 Å². The number of aliphatic hydroxyl groups is 1. The molecule has 0 bridgehead atoms. The van der Waals surface area contributed by atoms with E-state index in [0.717, 1.165) is 75.6 Å². The van der Waals surface area contributed by atoms with Crippen molar-refractivity contribution >= 4 is 45.8 Å². The third-order valence-electron chi connectivity index (χ3n) is 7.05. The minimum Gasteiger partial charge on any atom is -0.400 e. The van der Waals surface area contributed by atoms with Crippen LogP contribution in [0.25, 0.3) is 10.6 Å². The van der Waals surface area contributed by atoms with Gasteiger partial charge in [-0.25, -0.2) is 15.0 Å². The number of aromatic nitrogens is 3. The molecule has 3 aromatic heterocycles. The first kappa shape index (κ1) is 32.7. The van der Waals surface area contributed by atoms with Crippen LogP contribution in [0.1, 0.15) is 61.0 Å². The van der Waals surface area contributed by atoms with Crippen LogP contribution in [-0.2, 0) is 11.3 Å². The number of nitrogens with zero attached hydrogens (tertiary/aromatic N) is 6. The van der Waals surface area contributed by atoms with Gasteiger partial charge in [0.1, 0.15) is 17.8 Å². The summed E-state index contributed by atoms with van der Waals surface area (Å²) in [4.78, 5) is 46.6. The number of aliphatic hydroxyl groups excluding tert-OH is 1. The molecule has 2 aliphatic heterocycles. The van der Waals surface area contributed by atoms with Crippen LogP contribution in [-0.4, -0.2) is 94.5 Å². The zero-order valence-electron chi connectivity index (χ0n) is 24.8. The summed E-state index contributed by atoms with van der Waals surface area (Å²) in [6.07, 6.45) is 7.18. The van der Waals surface area contributed by atoms with Crippen LogP contribution >= 0.6 is 22.7 Å². The molecule has 1 unspecified atom stereocenters. The Morgan fingerprint density at radius 1 is 1.15 bits per heavy atom. The van der Waals surface area contributed by atoms with E-state index in [-0.39, 0.29) is 11.6 Å². The lowest BCUT2D eigenvalue weighted by molar-refractivity contribution is -0.108. The highest BCUT2D eigenvalue weighted by molar-refractivity contribution is 7.17. The molecule has 5 heterocycles. The summed E-state index contributed by atoms with van der Waals surface area (Å²) in [6, 6.07) is 2.72. The molecule has 2 aliphatic rings. The van der Waals surface area contributed by atoms with E-state index in [1.165, 1.54) is 29.5 Å². The van der Waals surface area contributed by atoms with Crippen LogP contribution in [0.2, 0.25) is 0 Å². The zero-order valence-corrected chi connectivity index (χ0v) is 26.4. The number of rotatable bonds is 9. The van der Waals surface area contributed by atoms with Gasteiger partial charge >= 0.3 is 0 Å². The number of anilines is 2. The number of carbonyl (C=O) groups excluding carboxylic acids is 2. The van der Waals surface area contributed by atoms with E-state index in [4.69, 9.17) is 10.1 Å². The van der Waals surface area contributed by atoms with Crippen molar-refractivity contribution < 1.29 is 14.7 Å². The first-order valence-electron chi connectivity index (χ1n) is 14.3. The third-order valence-corrected chi connectivity index (χ3v) is 9.06. The van der Waals surface area contributed by atoms with Crippen molar-refractivity contribution in [1.82, 2.24) is 24.8 Å². The SMILES string of the molecule is CC.CO.Cc1csc(-c2nc(NC(=O)c3cnc(N4CCN(CCC=O)CC4)cn3)sc2CN2CCCC2C)c1. The molecule has 2 saturated heterocycles. The maximum atomic E-state index is 13.0. The molecule has 1 atom stereocenters. The van der Waals surface area contributed by atoms with E-state index in [0.29, 0.717) is 17.6 Å². The number of carbonyl (C=O) groups is 2. The van der Waals surface area contributed by atoms with Crippen molar-refractivity contribution in [3.63, 3.8) is 0 Å². The minimum atomic E-state index is -0.304. The highest BCUT2D eigenvalue weighted by Crippen LogP contribution is 2.36. The monoisotopic (exact) mass is 601 g/mol. The quantitative estimate of drug-likeness (QED) is 0.341. The molecule has 0 aliphatic carbocycles. The Morgan fingerprint density at radius 2 is 1.90 bits per heavy atom. The van der Waals surface area contributed by atoms with Gasteiger partial charge in [0.05, 0.1) is 23.0 Å². The molecule has 1 amide bonds. The van der Waals surface area contributed by atoms with Crippen LogP contribution < -0.4 is 10.2 Å². The molecule has 0 saturated carbocycles. The lowest BCUT2D eigenvalue weighted by atomic mass is 10.2. The van der Waals surface area contributed by atoms with Crippen molar-refractivity contribution in [3.05, 3.63) is 40.0 Å². The molecule has 0 radical (unpaired) electrons. The first-order valence-corrected chi connectivity index (χ1v) is 16.0. The Labute approximate surface area is 251 Å². The number of amides is 1. The van der Waals surface area contributed by atoms with Crippen LogP contribution in [0.3, 0.4) is 0 Å². The van der Waals surface area contributed by atoms with Crippen LogP contribution in [0.5, 0.6) is 0 Å². The molecule has 12 heteroatoms. The molecule has 2 N–H and O–H groups in total. The number of thiophene rings is 1. The van der Waals surface area contributed by atoms with Gasteiger partial charge in [0, 0.05) is 63.7 Å². The largest absolute Gasteiger partial charge is 0.400 e. The highest BCUT2D eigenvalue weighted by atomic mass is 32.1. The van der Waals surface area contributed by atoms with Crippen molar-refractivity contribution in [2.45, 2.75) is 59.5 Å². The predicted molar refractivity (Wildman–Crippen MR) is 168 cm³/mol. The Morgan fingerprint density at radius 3 is 2.49 bits per heavy atom. The lowest BCUT2D eigenvalue weighted by Gasteiger charge is -2.34.